The van der Waals surface area contributed by atoms with E-state index in [-0.39, 0.29) is 20.3 Å². The summed E-state index contributed by atoms with van der Waals surface area (Å²) >= 11 is 0. The Bertz CT molecular complexity index is 93.7. The summed E-state index contributed by atoms with van der Waals surface area (Å²) < 4.78 is 0. The van der Waals surface area contributed by atoms with Crippen LogP contribution in [0.25, 0.3) is 0 Å². The summed E-state index contributed by atoms with van der Waals surface area (Å²) in [5, 5.41) is 1.02. The van der Waals surface area contributed by atoms with Crippen LogP contribution in [0.1, 0.15) is 41.5 Å². The first-order valence-electron chi connectivity index (χ1n) is 3.89. The normalized spacial score (nSPS) is 13.1. The smallest absolute Gasteiger partial charge is 0.0177 e. The lowest BCUT2D eigenvalue weighted by molar-refractivity contribution is 0.711. The Morgan fingerprint density at radius 1 is 0.727 bits per heavy atom. The van der Waals surface area contributed by atoms with Gasteiger partial charge in [0.15, 0.2) is 0 Å². The van der Waals surface area contributed by atoms with E-state index in [4.69, 9.17) is 0 Å². The molecule has 0 saturated carbocycles. The van der Waals surface area contributed by atoms with E-state index in [0.717, 1.165) is 0 Å². The molecule has 0 N–H and O–H groups in total. The molecule has 0 spiro atoms. The van der Waals surface area contributed by atoms with Crippen LogP contribution in [-0.4, -0.2) is 17.0 Å². The van der Waals surface area contributed by atoms with Crippen molar-refractivity contribution in [3.8, 4) is 0 Å². The van der Waals surface area contributed by atoms with Gasteiger partial charge in [0, 0.05) is 0 Å². The molecule has 0 aliphatic carbocycles. The maximum absolute atomic E-state index is 2.40. The molecular weight excluding hydrogens is 175 g/mol. The van der Waals surface area contributed by atoms with Crippen LogP contribution in [0, 0.1) is 0 Å². The first kappa shape index (κ1) is 14.3. The second kappa shape index (κ2) is 4.10. The Kier molecular flexibility index (Phi) is 5.31. The second-order valence-corrected chi connectivity index (χ2v) is 8.70. The molecule has 11 heavy (non-hydrogen) atoms. The minimum Gasteiger partial charge on any atom is -0.147 e. The summed E-state index contributed by atoms with van der Waals surface area (Å²) in [5.41, 5.74) is 0. The zero-order valence-electron chi connectivity index (χ0n) is 8.86. The summed E-state index contributed by atoms with van der Waals surface area (Å²) in [5.74, 6) is 0. The van der Waals surface area contributed by atoms with E-state index in [9.17, 15) is 0 Å². The van der Waals surface area contributed by atoms with Crippen LogP contribution < -0.4 is 0 Å². The van der Waals surface area contributed by atoms with Crippen molar-refractivity contribution in [1.82, 2.24) is 0 Å². The predicted octanol–water partition coefficient (Wildman–Crippen LogP) is 4.12. The maximum Gasteiger partial charge on any atom is -0.0177 e. The lowest BCUT2D eigenvalue weighted by Crippen LogP contribution is -2.23. The number of hydrogen-bond acceptors (Lipinski definition) is 0. The van der Waals surface area contributed by atoms with Gasteiger partial charge in [-0.2, -0.15) is 0 Å². The largest absolute Gasteiger partial charge is 0.147 e. The van der Waals surface area contributed by atoms with Crippen LogP contribution in [-0.2, 0) is 0 Å². The fourth-order valence-electron chi connectivity index (χ4n) is 1.01. The van der Waals surface area contributed by atoms with Gasteiger partial charge in [0.2, 0.25) is 0 Å². The molecular formula is C9H22ClP. The third-order valence-electron chi connectivity index (χ3n) is 2.01. The molecule has 0 aliphatic rings. The van der Waals surface area contributed by atoms with E-state index in [1.807, 2.05) is 0 Å². The summed E-state index contributed by atoms with van der Waals surface area (Å²) in [4.78, 5) is 0. The van der Waals surface area contributed by atoms with Crippen LogP contribution in [0.15, 0.2) is 0 Å². The fourth-order valence-corrected chi connectivity index (χ4v) is 3.02. The zero-order chi connectivity index (χ0) is 8.58. The van der Waals surface area contributed by atoms with E-state index in [0.29, 0.717) is 10.3 Å². The Labute approximate surface area is 79.3 Å². The second-order valence-electron chi connectivity index (χ2n) is 4.90. The fraction of sp³-hybridized carbons (Fsp3) is 1.00. The first-order valence-corrected chi connectivity index (χ1v) is 5.68. The minimum atomic E-state index is 0. The Morgan fingerprint density at radius 3 is 0.909 bits per heavy atom. The molecule has 0 amide bonds. The third-order valence-corrected chi connectivity index (χ3v) is 6.04. The van der Waals surface area contributed by atoms with Gasteiger partial charge in [-0.25, -0.2) is 0 Å². The van der Waals surface area contributed by atoms with Gasteiger partial charge in [-0.3, -0.25) is 0 Å². The van der Waals surface area contributed by atoms with Crippen LogP contribution in [0.4, 0.5) is 0 Å². The van der Waals surface area contributed by atoms with Gasteiger partial charge in [-0.05, 0) is 17.0 Å². The van der Waals surface area contributed by atoms with Crippen molar-refractivity contribution < 1.29 is 0 Å². The van der Waals surface area contributed by atoms with Crippen molar-refractivity contribution >= 4 is 20.3 Å². The number of halogens is 1. The van der Waals surface area contributed by atoms with Gasteiger partial charge < -0.3 is 0 Å². The molecule has 0 nitrogen and oxygen atoms in total. The molecule has 0 fully saturated rings. The van der Waals surface area contributed by atoms with E-state index in [1.54, 1.807) is 0 Å². The Hall–Kier alpha value is 0.720. The lowest BCUT2D eigenvalue weighted by Gasteiger charge is -2.38. The molecule has 0 saturated heterocycles. The van der Waals surface area contributed by atoms with E-state index in [2.05, 4.69) is 48.2 Å². The number of hydrogen-bond donors (Lipinski definition) is 0. The monoisotopic (exact) mass is 196 g/mol. The maximum atomic E-state index is 2.40. The van der Waals surface area contributed by atoms with Crippen molar-refractivity contribution in [1.29, 1.82) is 0 Å². The molecule has 0 rings (SSSR count). The van der Waals surface area contributed by atoms with E-state index < -0.39 is 0 Å². The lowest BCUT2D eigenvalue weighted by atomic mass is 10.2. The minimum absolute atomic E-state index is 0. The highest BCUT2D eigenvalue weighted by Gasteiger charge is 2.29. The van der Waals surface area contributed by atoms with Gasteiger partial charge in [0.1, 0.15) is 0 Å². The molecule has 70 valence electrons. The van der Waals surface area contributed by atoms with Crippen molar-refractivity contribution in [3.63, 3.8) is 0 Å². The Balaban J connectivity index is 0. The SMILES string of the molecule is CP(C(C)(C)C)C(C)(C)C.Cl. The highest BCUT2D eigenvalue weighted by atomic mass is 35.5. The predicted molar refractivity (Wildman–Crippen MR) is 59.6 cm³/mol. The Morgan fingerprint density at radius 2 is 0.909 bits per heavy atom. The molecule has 0 aromatic rings. The van der Waals surface area contributed by atoms with Gasteiger partial charge in [-0.1, -0.05) is 49.5 Å². The standard InChI is InChI=1S/C9H21P.ClH/c1-8(2,3)10(7)9(4,5)6;/h1-7H3;1H. The average molecular weight is 197 g/mol. The third kappa shape index (κ3) is 5.04. The van der Waals surface area contributed by atoms with Crippen LogP contribution in [0.2, 0.25) is 0 Å². The van der Waals surface area contributed by atoms with Crippen molar-refractivity contribution in [2.75, 3.05) is 6.66 Å². The van der Waals surface area contributed by atoms with Gasteiger partial charge in [0.25, 0.3) is 0 Å². The molecule has 0 aromatic carbocycles. The van der Waals surface area contributed by atoms with Gasteiger partial charge in [0.05, 0.1) is 0 Å². The molecule has 0 radical (unpaired) electrons. The highest BCUT2D eigenvalue weighted by molar-refractivity contribution is 7.60. The van der Waals surface area contributed by atoms with E-state index in [1.165, 1.54) is 0 Å². The number of rotatable bonds is 0. The summed E-state index contributed by atoms with van der Waals surface area (Å²) in [6.07, 6.45) is 0. The molecule has 0 bridgehead atoms. The molecule has 0 aliphatic heterocycles. The van der Waals surface area contributed by atoms with Crippen molar-refractivity contribution in [2.24, 2.45) is 0 Å². The molecule has 0 atom stereocenters. The van der Waals surface area contributed by atoms with Crippen LogP contribution in [0.3, 0.4) is 0 Å². The first-order chi connectivity index (χ1) is 4.15. The average Bonchev–Trinajstić information content (AvgIpc) is 1.59. The van der Waals surface area contributed by atoms with E-state index >= 15 is 0 Å². The van der Waals surface area contributed by atoms with Gasteiger partial charge in [-0.15, -0.1) is 12.4 Å². The quantitative estimate of drug-likeness (QED) is 0.512. The molecule has 0 heterocycles. The van der Waals surface area contributed by atoms with Crippen molar-refractivity contribution in [2.45, 2.75) is 51.9 Å². The van der Waals surface area contributed by atoms with Crippen molar-refractivity contribution in [3.05, 3.63) is 0 Å². The highest BCUT2D eigenvalue weighted by Crippen LogP contribution is 2.55. The summed E-state index contributed by atoms with van der Waals surface area (Å²) in [7, 11) is 0.137. The topological polar surface area (TPSA) is 0 Å². The summed E-state index contributed by atoms with van der Waals surface area (Å²) in [6, 6.07) is 0. The summed E-state index contributed by atoms with van der Waals surface area (Å²) in [6.45, 7) is 16.4. The molecule has 0 unspecified atom stereocenters. The van der Waals surface area contributed by atoms with Crippen LogP contribution >= 0.6 is 20.3 Å². The van der Waals surface area contributed by atoms with Gasteiger partial charge >= 0.3 is 0 Å². The molecule has 0 aromatic heterocycles. The zero-order valence-corrected chi connectivity index (χ0v) is 10.6. The molecule has 2 heteroatoms. The van der Waals surface area contributed by atoms with Crippen LogP contribution in [0.5, 0.6) is 0 Å².